The van der Waals surface area contributed by atoms with E-state index in [1.54, 1.807) is 25.2 Å². The van der Waals surface area contributed by atoms with Crippen LogP contribution in [-0.2, 0) is 16.0 Å². The molecule has 11 heteroatoms. The van der Waals surface area contributed by atoms with Crippen molar-refractivity contribution in [3.8, 4) is 11.5 Å². The van der Waals surface area contributed by atoms with Crippen molar-refractivity contribution in [2.75, 3.05) is 26.1 Å². The van der Waals surface area contributed by atoms with Gasteiger partial charge in [0, 0.05) is 13.0 Å². The van der Waals surface area contributed by atoms with Gasteiger partial charge >= 0.3 is 0 Å². The predicted octanol–water partition coefficient (Wildman–Crippen LogP) is 4.52. The van der Waals surface area contributed by atoms with Crippen LogP contribution in [0.1, 0.15) is 43.2 Å². The van der Waals surface area contributed by atoms with E-state index in [1.165, 1.54) is 23.1 Å². The Morgan fingerprint density at radius 2 is 1.97 bits per heavy atom. The monoisotopic (exact) mass is 506 g/mol. The van der Waals surface area contributed by atoms with Gasteiger partial charge in [0.1, 0.15) is 9.33 Å². The average Bonchev–Trinajstić information content (AvgIpc) is 3.37. The Morgan fingerprint density at radius 1 is 1.18 bits per heavy atom. The molecule has 0 atom stereocenters. The standard InChI is InChI=1S/C22H26N4O4S3/c1-4-19-24-25-21(33-19)23-18(27)8-6-5-7-11-26-20(28)17(32-22(26)31)13-14-9-10-15(29-2)16(12-14)30-3/h9-10,12-13H,4-8,11H2,1-3H3,(H,23,25,27)/b17-13-. The highest BCUT2D eigenvalue weighted by atomic mass is 32.2. The first-order valence-corrected chi connectivity index (χ1v) is 12.6. The number of unbranched alkanes of at least 4 members (excludes halogenated alkanes) is 2. The van der Waals surface area contributed by atoms with E-state index in [1.807, 2.05) is 25.1 Å². The van der Waals surface area contributed by atoms with Gasteiger partial charge in [-0.2, -0.15) is 0 Å². The van der Waals surface area contributed by atoms with Crippen molar-refractivity contribution in [2.45, 2.75) is 39.0 Å². The molecule has 1 fully saturated rings. The molecular formula is C22H26N4O4S3. The topological polar surface area (TPSA) is 93.7 Å². The van der Waals surface area contributed by atoms with Crippen LogP contribution in [0.25, 0.3) is 6.08 Å². The summed E-state index contributed by atoms with van der Waals surface area (Å²) in [5, 5.41) is 12.2. The summed E-state index contributed by atoms with van der Waals surface area (Å²) in [4.78, 5) is 27.1. The number of anilines is 1. The average molecular weight is 507 g/mol. The zero-order chi connectivity index (χ0) is 23.8. The first-order valence-electron chi connectivity index (χ1n) is 10.5. The van der Waals surface area contributed by atoms with Gasteiger partial charge in [0.25, 0.3) is 5.91 Å². The summed E-state index contributed by atoms with van der Waals surface area (Å²) < 4.78 is 11.1. The summed E-state index contributed by atoms with van der Waals surface area (Å²) in [7, 11) is 3.15. The van der Waals surface area contributed by atoms with E-state index in [4.69, 9.17) is 21.7 Å². The predicted molar refractivity (Wildman–Crippen MR) is 136 cm³/mol. The molecule has 176 valence electrons. The SMILES string of the molecule is CCc1nnc(NC(=O)CCCCCN2C(=O)/C(=C/c3ccc(OC)c(OC)c3)SC2=S)s1. The summed E-state index contributed by atoms with van der Waals surface area (Å²) >= 11 is 8.10. The van der Waals surface area contributed by atoms with Crippen LogP contribution in [0.2, 0.25) is 0 Å². The van der Waals surface area contributed by atoms with Crippen LogP contribution in [0.5, 0.6) is 11.5 Å². The Kier molecular flexibility index (Phi) is 9.21. The van der Waals surface area contributed by atoms with Gasteiger partial charge in [-0.1, -0.05) is 54.7 Å². The number of nitrogens with one attached hydrogen (secondary N) is 1. The highest BCUT2D eigenvalue weighted by Gasteiger charge is 2.31. The first-order chi connectivity index (χ1) is 15.9. The van der Waals surface area contributed by atoms with Gasteiger partial charge in [0.15, 0.2) is 11.5 Å². The van der Waals surface area contributed by atoms with Gasteiger partial charge in [0.2, 0.25) is 11.0 Å². The normalized spacial score (nSPS) is 14.8. The second-order valence-corrected chi connectivity index (χ2v) is 9.90. The molecule has 0 spiro atoms. The zero-order valence-corrected chi connectivity index (χ0v) is 21.2. The maximum atomic E-state index is 12.8. The Morgan fingerprint density at radius 3 is 2.67 bits per heavy atom. The Labute approximate surface area is 206 Å². The summed E-state index contributed by atoms with van der Waals surface area (Å²) in [5.41, 5.74) is 0.834. The summed E-state index contributed by atoms with van der Waals surface area (Å²) in [6, 6.07) is 5.49. The maximum Gasteiger partial charge on any atom is 0.266 e. The molecule has 3 rings (SSSR count). The van der Waals surface area contributed by atoms with Crippen molar-refractivity contribution < 1.29 is 19.1 Å². The number of rotatable bonds is 11. The second-order valence-electron chi connectivity index (χ2n) is 7.16. The molecule has 2 aromatic rings. The second kappa shape index (κ2) is 12.1. The van der Waals surface area contributed by atoms with E-state index in [-0.39, 0.29) is 11.8 Å². The van der Waals surface area contributed by atoms with E-state index in [0.29, 0.717) is 38.8 Å². The number of carbonyl (C=O) groups is 2. The first kappa shape index (κ1) is 25.1. The number of methoxy groups -OCH3 is 2. The smallest absolute Gasteiger partial charge is 0.266 e. The van der Waals surface area contributed by atoms with Gasteiger partial charge in [0.05, 0.1) is 19.1 Å². The van der Waals surface area contributed by atoms with Crippen LogP contribution in [0.3, 0.4) is 0 Å². The minimum atomic E-state index is -0.0967. The van der Waals surface area contributed by atoms with Gasteiger partial charge in [-0.3, -0.25) is 14.5 Å². The third-order valence-corrected chi connectivity index (χ3v) is 7.24. The summed E-state index contributed by atoms with van der Waals surface area (Å²) in [5.74, 6) is 1.06. The minimum absolute atomic E-state index is 0.0720. The number of carbonyl (C=O) groups excluding carboxylic acids is 2. The highest BCUT2D eigenvalue weighted by molar-refractivity contribution is 8.26. The molecule has 0 bridgehead atoms. The van der Waals surface area contributed by atoms with E-state index < -0.39 is 0 Å². The zero-order valence-electron chi connectivity index (χ0n) is 18.8. The van der Waals surface area contributed by atoms with E-state index in [0.717, 1.165) is 36.3 Å². The Hall–Kier alpha value is -2.50. The van der Waals surface area contributed by atoms with Crippen LogP contribution in [0, 0.1) is 0 Å². The number of aromatic nitrogens is 2. The fraction of sp³-hybridized carbons (Fsp3) is 0.409. The number of benzene rings is 1. The number of thiocarbonyl (C=S) groups is 1. The Balaban J connectivity index is 1.45. The lowest BCUT2D eigenvalue weighted by Crippen LogP contribution is -2.29. The van der Waals surface area contributed by atoms with E-state index in [9.17, 15) is 9.59 Å². The number of nitrogens with zero attached hydrogens (tertiary/aromatic N) is 3. The van der Waals surface area contributed by atoms with Crippen molar-refractivity contribution in [3.05, 3.63) is 33.7 Å². The maximum absolute atomic E-state index is 12.8. The van der Waals surface area contributed by atoms with Crippen LogP contribution in [0.4, 0.5) is 5.13 Å². The van der Waals surface area contributed by atoms with Crippen LogP contribution in [0.15, 0.2) is 23.1 Å². The number of hydrogen-bond donors (Lipinski definition) is 1. The third kappa shape index (κ3) is 6.75. The lowest BCUT2D eigenvalue weighted by molar-refractivity contribution is -0.122. The Bertz CT molecular complexity index is 1050. The minimum Gasteiger partial charge on any atom is -0.493 e. The van der Waals surface area contributed by atoms with Crippen molar-refractivity contribution >= 4 is 62.7 Å². The molecule has 0 unspecified atom stereocenters. The quantitative estimate of drug-likeness (QED) is 0.270. The molecule has 1 saturated heterocycles. The van der Waals surface area contributed by atoms with Gasteiger partial charge in [-0.05, 0) is 43.0 Å². The van der Waals surface area contributed by atoms with Crippen molar-refractivity contribution in [1.82, 2.24) is 15.1 Å². The van der Waals surface area contributed by atoms with E-state index in [2.05, 4.69) is 15.5 Å². The summed E-state index contributed by atoms with van der Waals surface area (Å²) in [6.45, 7) is 2.53. The molecule has 1 N–H and O–H groups in total. The van der Waals surface area contributed by atoms with Gasteiger partial charge in [-0.15, -0.1) is 10.2 Å². The summed E-state index contributed by atoms with van der Waals surface area (Å²) in [6.07, 6.45) is 5.31. The number of ether oxygens (including phenoxy) is 2. The van der Waals surface area contributed by atoms with Crippen molar-refractivity contribution in [1.29, 1.82) is 0 Å². The third-order valence-electron chi connectivity index (χ3n) is 4.88. The molecular weight excluding hydrogens is 480 g/mol. The molecule has 1 aliphatic heterocycles. The van der Waals surface area contributed by atoms with Gasteiger partial charge < -0.3 is 14.8 Å². The molecule has 0 aliphatic carbocycles. The molecule has 0 saturated carbocycles. The number of hydrogen-bond acceptors (Lipinski definition) is 9. The lowest BCUT2D eigenvalue weighted by atomic mass is 10.1. The largest absolute Gasteiger partial charge is 0.493 e. The molecule has 0 radical (unpaired) electrons. The van der Waals surface area contributed by atoms with Crippen molar-refractivity contribution in [3.63, 3.8) is 0 Å². The molecule has 33 heavy (non-hydrogen) atoms. The molecule has 2 amide bonds. The fourth-order valence-electron chi connectivity index (χ4n) is 3.15. The molecule has 2 heterocycles. The number of thioether (sulfide) groups is 1. The van der Waals surface area contributed by atoms with Crippen LogP contribution in [-0.4, -0.2) is 52.0 Å². The number of aryl methyl sites for hydroxylation is 1. The highest BCUT2D eigenvalue weighted by Crippen LogP contribution is 2.34. The molecule has 8 nitrogen and oxygen atoms in total. The van der Waals surface area contributed by atoms with Crippen LogP contribution < -0.4 is 14.8 Å². The number of amides is 2. The molecule has 1 aliphatic rings. The van der Waals surface area contributed by atoms with Crippen LogP contribution >= 0.6 is 35.3 Å². The van der Waals surface area contributed by atoms with Crippen molar-refractivity contribution in [2.24, 2.45) is 0 Å². The van der Waals surface area contributed by atoms with E-state index >= 15 is 0 Å². The molecule has 1 aromatic carbocycles. The molecule has 1 aromatic heterocycles. The lowest BCUT2D eigenvalue weighted by Gasteiger charge is -2.14. The van der Waals surface area contributed by atoms with Gasteiger partial charge in [-0.25, -0.2) is 0 Å². The fourth-order valence-corrected chi connectivity index (χ4v) is 5.15.